The van der Waals surface area contributed by atoms with Crippen molar-refractivity contribution in [2.45, 2.75) is 53.4 Å². The van der Waals surface area contributed by atoms with E-state index in [4.69, 9.17) is 0 Å². The Kier molecular flexibility index (Phi) is 5.47. The van der Waals surface area contributed by atoms with E-state index in [0.29, 0.717) is 0 Å². The summed E-state index contributed by atoms with van der Waals surface area (Å²) in [6.45, 7) is 9.04. The van der Waals surface area contributed by atoms with Crippen LogP contribution < -0.4 is 0 Å². The zero-order valence-corrected chi connectivity index (χ0v) is 16.3. The molecule has 0 nitrogen and oxygen atoms in total. The third kappa shape index (κ3) is 3.19. The maximum absolute atomic E-state index is 2.38. The summed E-state index contributed by atoms with van der Waals surface area (Å²) in [5.41, 5.74) is 9.48. The Labute approximate surface area is 149 Å². The first-order valence-corrected chi connectivity index (χ1v) is 8.08. The summed E-state index contributed by atoms with van der Waals surface area (Å²) in [5.74, 6) is 1.46. The van der Waals surface area contributed by atoms with Crippen molar-refractivity contribution in [3.8, 4) is 0 Å². The largest absolute Gasteiger partial charge is 2.00 e. The molecule has 0 aromatic heterocycles. The van der Waals surface area contributed by atoms with Crippen LogP contribution in [0.2, 0.25) is 0 Å². The number of hydrogen-bond donors (Lipinski definition) is 0. The second kappa shape index (κ2) is 6.78. The molecule has 0 aliphatic heterocycles. The SMILES string of the molecule is CC1=CC(C)C2=C1[CH-]CC2.CC1=CC(C)C2=C1[CH-]CC2.[Zr+2]. The molecule has 0 radical (unpaired) electrons. The fraction of sp³-hybridized carbons (Fsp3) is 0.500. The molecule has 110 valence electrons. The molecule has 0 spiro atoms. The molecule has 0 saturated heterocycles. The van der Waals surface area contributed by atoms with Crippen LogP contribution in [-0.2, 0) is 26.2 Å². The van der Waals surface area contributed by atoms with E-state index in [1.807, 2.05) is 0 Å². The smallest absolute Gasteiger partial charge is 0.190 e. The molecule has 2 unspecified atom stereocenters. The maximum Gasteiger partial charge on any atom is 2.00 e. The van der Waals surface area contributed by atoms with Crippen LogP contribution >= 0.6 is 0 Å². The summed E-state index contributed by atoms with van der Waals surface area (Å²) in [5, 5.41) is 0. The van der Waals surface area contributed by atoms with E-state index in [0.717, 1.165) is 11.8 Å². The zero-order chi connectivity index (χ0) is 14.3. The first-order chi connectivity index (χ1) is 9.58. The Morgan fingerprint density at radius 2 is 1.19 bits per heavy atom. The van der Waals surface area contributed by atoms with Gasteiger partial charge < -0.3 is 0 Å². The van der Waals surface area contributed by atoms with Gasteiger partial charge in [-0.15, -0.1) is 12.2 Å². The van der Waals surface area contributed by atoms with Gasteiger partial charge in [-0.05, 0) is 0 Å². The van der Waals surface area contributed by atoms with E-state index in [1.54, 1.807) is 22.3 Å². The average molecular weight is 358 g/mol. The molecule has 0 aromatic rings. The van der Waals surface area contributed by atoms with E-state index < -0.39 is 0 Å². The van der Waals surface area contributed by atoms with Gasteiger partial charge in [0.25, 0.3) is 0 Å². The molecule has 4 rings (SSSR count). The second-order valence-electron chi connectivity index (χ2n) is 6.64. The topological polar surface area (TPSA) is 0 Å². The van der Waals surface area contributed by atoms with Gasteiger partial charge >= 0.3 is 26.2 Å². The van der Waals surface area contributed by atoms with Crippen LogP contribution in [0, 0.1) is 24.7 Å². The van der Waals surface area contributed by atoms with Gasteiger partial charge in [0, 0.05) is 0 Å². The molecular weight excluding hydrogens is 331 g/mol. The standard InChI is InChI=1S/2C10H13.Zr/c2*1-7-6-8(2)10-5-3-4-9(7)10;/h2*4,6,8H,3,5H2,1-2H3;/q2*-1;+2. The van der Waals surface area contributed by atoms with E-state index in [9.17, 15) is 0 Å². The van der Waals surface area contributed by atoms with Crippen LogP contribution in [-0.4, -0.2) is 0 Å². The first-order valence-electron chi connectivity index (χ1n) is 8.08. The quantitative estimate of drug-likeness (QED) is 0.484. The van der Waals surface area contributed by atoms with Crippen molar-refractivity contribution in [3.05, 3.63) is 58.4 Å². The first kappa shape index (κ1) is 16.9. The minimum absolute atomic E-state index is 0. The third-order valence-corrected chi connectivity index (χ3v) is 5.17. The summed E-state index contributed by atoms with van der Waals surface area (Å²) in [4.78, 5) is 0. The van der Waals surface area contributed by atoms with Gasteiger partial charge in [-0.1, -0.05) is 65.2 Å². The minimum Gasteiger partial charge on any atom is -0.190 e. The summed E-state index contributed by atoms with van der Waals surface area (Å²) in [6, 6.07) is 0. The van der Waals surface area contributed by atoms with Crippen molar-refractivity contribution < 1.29 is 26.2 Å². The Morgan fingerprint density at radius 3 is 1.52 bits per heavy atom. The summed E-state index contributed by atoms with van der Waals surface area (Å²) < 4.78 is 0. The van der Waals surface area contributed by atoms with Crippen LogP contribution in [0.5, 0.6) is 0 Å². The fourth-order valence-electron chi connectivity index (χ4n) is 4.18. The van der Waals surface area contributed by atoms with Gasteiger partial charge in [0.2, 0.25) is 0 Å². The van der Waals surface area contributed by atoms with Crippen molar-refractivity contribution in [2.24, 2.45) is 11.8 Å². The Hall–Kier alpha value is -0.417. The van der Waals surface area contributed by atoms with Crippen LogP contribution in [0.25, 0.3) is 0 Å². The zero-order valence-electron chi connectivity index (χ0n) is 13.8. The number of hydrogen-bond acceptors (Lipinski definition) is 0. The van der Waals surface area contributed by atoms with Crippen molar-refractivity contribution in [1.29, 1.82) is 0 Å². The minimum atomic E-state index is 0. The van der Waals surface area contributed by atoms with E-state index in [2.05, 4.69) is 52.7 Å². The number of allylic oxidation sites excluding steroid dienone is 8. The number of rotatable bonds is 0. The third-order valence-electron chi connectivity index (χ3n) is 5.17. The van der Waals surface area contributed by atoms with E-state index in [-0.39, 0.29) is 26.2 Å². The molecule has 0 saturated carbocycles. The fourth-order valence-corrected chi connectivity index (χ4v) is 4.18. The molecule has 0 amide bonds. The Bertz CT molecular complexity index is 492. The van der Waals surface area contributed by atoms with Gasteiger partial charge in [-0.3, -0.25) is 0 Å². The van der Waals surface area contributed by atoms with Crippen molar-refractivity contribution >= 4 is 0 Å². The molecule has 0 N–H and O–H groups in total. The van der Waals surface area contributed by atoms with Crippen LogP contribution in [0.1, 0.15) is 53.4 Å². The maximum atomic E-state index is 2.38. The molecule has 2 atom stereocenters. The van der Waals surface area contributed by atoms with Gasteiger partial charge in [0.1, 0.15) is 0 Å². The Morgan fingerprint density at radius 1 is 0.810 bits per heavy atom. The average Bonchev–Trinajstić information content (AvgIpc) is 3.13. The van der Waals surface area contributed by atoms with E-state index >= 15 is 0 Å². The Balaban J connectivity index is 0.000000147. The predicted octanol–water partition coefficient (Wildman–Crippen LogP) is 5.75. The summed E-state index contributed by atoms with van der Waals surface area (Å²) in [7, 11) is 0. The van der Waals surface area contributed by atoms with Crippen LogP contribution in [0.4, 0.5) is 0 Å². The summed E-state index contributed by atoms with van der Waals surface area (Å²) in [6.07, 6.45) is 14.7. The molecule has 21 heavy (non-hydrogen) atoms. The molecule has 0 aromatic carbocycles. The van der Waals surface area contributed by atoms with Crippen LogP contribution in [0.3, 0.4) is 0 Å². The molecule has 0 heterocycles. The van der Waals surface area contributed by atoms with E-state index in [1.165, 1.54) is 36.8 Å². The molecule has 0 bridgehead atoms. The van der Waals surface area contributed by atoms with Gasteiger partial charge in [0.15, 0.2) is 0 Å². The van der Waals surface area contributed by atoms with Gasteiger partial charge in [-0.2, -0.15) is 46.3 Å². The van der Waals surface area contributed by atoms with Crippen molar-refractivity contribution in [3.63, 3.8) is 0 Å². The molecule has 4 aliphatic carbocycles. The molecular formula is C20H26Zr. The van der Waals surface area contributed by atoms with Crippen molar-refractivity contribution in [2.75, 3.05) is 0 Å². The van der Waals surface area contributed by atoms with Crippen LogP contribution in [0.15, 0.2) is 45.6 Å². The van der Waals surface area contributed by atoms with Gasteiger partial charge in [-0.25, -0.2) is 0 Å². The summed E-state index contributed by atoms with van der Waals surface area (Å²) >= 11 is 0. The predicted molar refractivity (Wildman–Crippen MR) is 87.0 cm³/mol. The molecule has 1 heteroatoms. The normalized spacial score (nSPS) is 28.8. The van der Waals surface area contributed by atoms with Crippen molar-refractivity contribution in [1.82, 2.24) is 0 Å². The monoisotopic (exact) mass is 356 g/mol. The molecule has 4 aliphatic rings. The molecule has 0 fully saturated rings. The van der Waals surface area contributed by atoms with Gasteiger partial charge in [0.05, 0.1) is 0 Å². The second-order valence-corrected chi connectivity index (χ2v) is 6.64.